The first-order chi connectivity index (χ1) is 17.0. The van der Waals surface area contributed by atoms with Gasteiger partial charge in [-0.05, 0) is 24.8 Å². The number of hydrogen-bond donors (Lipinski definition) is 6. The van der Waals surface area contributed by atoms with Crippen LogP contribution in [0.2, 0.25) is 0 Å². The highest BCUT2D eigenvalue weighted by atomic mass is 16.4. The molecule has 1 aliphatic rings. The number of nitrogens with two attached hydrogens (primary N) is 3. The molecule has 1 aliphatic heterocycles. The van der Waals surface area contributed by atoms with Gasteiger partial charge in [0.05, 0.1) is 12.5 Å². The zero-order valence-corrected chi connectivity index (χ0v) is 19.7. The van der Waals surface area contributed by atoms with Gasteiger partial charge in [-0.3, -0.25) is 24.0 Å². The molecule has 1 saturated heterocycles. The van der Waals surface area contributed by atoms with Crippen molar-refractivity contribution >= 4 is 35.5 Å². The van der Waals surface area contributed by atoms with Crippen LogP contribution in [0, 0.1) is 0 Å². The van der Waals surface area contributed by atoms with Crippen LogP contribution in [-0.4, -0.2) is 76.2 Å². The summed E-state index contributed by atoms with van der Waals surface area (Å²) in [6.45, 7) is 0.153. The van der Waals surface area contributed by atoms with Crippen molar-refractivity contribution < 1.29 is 33.9 Å². The van der Waals surface area contributed by atoms with Crippen LogP contribution in [0.1, 0.15) is 37.7 Å². The molecule has 1 aromatic rings. The zero-order valence-electron chi connectivity index (χ0n) is 19.7. The summed E-state index contributed by atoms with van der Waals surface area (Å²) >= 11 is 0. The molecular weight excluding hydrogens is 472 g/mol. The Morgan fingerprint density at radius 3 is 2.19 bits per heavy atom. The van der Waals surface area contributed by atoms with Crippen molar-refractivity contribution in [2.45, 2.75) is 62.7 Å². The molecule has 0 radical (unpaired) electrons. The third-order valence-electron chi connectivity index (χ3n) is 5.79. The van der Waals surface area contributed by atoms with E-state index in [9.17, 15) is 33.9 Å². The van der Waals surface area contributed by atoms with E-state index in [1.807, 2.05) is 0 Å². The van der Waals surface area contributed by atoms with Crippen LogP contribution >= 0.6 is 0 Å². The monoisotopic (exact) mass is 504 g/mol. The smallest absolute Gasteiger partial charge is 0.326 e. The van der Waals surface area contributed by atoms with Gasteiger partial charge in [0.25, 0.3) is 0 Å². The number of nitrogens with one attached hydrogen (secondary N) is 2. The number of carbonyl (C=O) groups excluding carboxylic acids is 5. The predicted molar refractivity (Wildman–Crippen MR) is 127 cm³/mol. The molecule has 196 valence electrons. The van der Waals surface area contributed by atoms with Gasteiger partial charge in [-0.25, -0.2) is 4.79 Å². The topological polar surface area (TPSA) is 228 Å². The Hall–Kier alpha value is -4.00. The van der Waals surface area contributed by atoms with Crippen molar-refractivity contribution in [1.82, 2.24) is 15.5 Å². The Balaban J connectivity index is 2.22. The Morgan fingerprint density at radius 2 is 1.61 bits per heavy atom. The number of rotatable bonds is 13. The van der Waals surface area contributed by atoms with E-state index in [-0.39, 0.29) is 32.2 Å². The lowest BCUT2D eigenvalue weighted by molar-refractivity contribution is -0.149. The Kier molecular flexibility index (Phi) is 10.3. The number of carbonyl (C=O) groups is 6. The van der Waals surface area contributed by atoms with E-state index in [1.165, 1.54) is 0 Å². The number of amides is 5. The standard InChI is InChI=1S/C23H32N6O7/c24-14(8-9-18(25)30)20(32)27-15(11-13-5-2-1-3-6-13)21(33)28-16(12-19(26)31)22(34)29-10-4-7-17(29)23(35)36/h1-3,5-6,14-17H,4,7-12,24H2,(H2,25,30)(H2,26,31)(H,27,32)(H,28,33)(H,35,36). The van der Waals surface area contributed by atoms with Gasteiger partial charge in [0, 0.05) is 19.4 Å². The van der Waals surface area contributed by atoms with E-state index >= 15 is 0 Å². The molecule has 0 aliphatic carbocycles. The number of carboxylic acids is 1. The number of likely N-dealkylation sites (tertiary alicyclic amines) is 1. The van der Waals surface area contributed by atoms with Gasteiger partial charge in [0.1, 0.15) is 18.1 Å². The average molecular weight is 505 g/mol. The first kappa shape index (κ1) is 28.2. The van der Waals surface area contributed by atoms with Crippen LogP contribution in [0.5, 0.6) is 0 Å². The summed E-state index contributed by atoms with van der Waals surface area (Å²) in [6, 6.07) is 3.89. The van der Waals surface area contributed by atoms with Gasteiger partial charge in [0.15, 0.2) is 0 Å². The fourth-order valence-corrected chi connectivity index (χ4v) is 3.93. The van der Waals surface area contributed by atoms with Gasteiger partial charge in [0.2, 0.25) is 29.5 Å². The normalized spacial score (nSPS) is 17.5. The van der Waals surface area contributed by atoms with Crippen molar-refractivity contribution in [3.63, 3.8) is 0 Å². The fraction of sp³-hybridized carbons (Fsp3) is 0.478. The highest BCUT2D eigenvalue weighted by Crippen LogP contribution is 2.19. The first-order valence-electron chi connectivity index (χ1n) is 11.5. The van der Waals surface area contributed by atoms with Crippen molar-refractivity contribution in [3.8, 4) is 0 Å². The Labute approximate surface area is 207 Å². The molecule has 36 heavy (non-hydrogen) atoms. The Bertz CT molecular complexity index is 986. The van der Waals surface area contributed by atoms with Gasteiger partial charge in [-0.1, -0.05) is 30.3 Å². The van der Waals surface area contributed by atoms with Crippen molar-refractivity contribution in [2.24, 2.45) is 17.2 Å². The maximum atomic E-state index is 13.2. The number of aliphatic carboxylic acids is 1. The molecule has 1 fully saturated rings. The Morgan fingerprint density at radius 1 is 0.972 bits per heavy atom. The number of primary amides is 2. The summed E-state index contributed by atoms with van der Waals surface area (Å²) in [5.41, 5.74) is 16.9. The SMILES string of the molecule is NC(=O)CCC(N)C(=O)NC(Cc1ccccc1)C(=O)NC(CC(N)=O)C(=O)N1CCCC1C(=O)O. The maximum absolute atomic E-state index is 13.2. The molecule has 2 rings (SSSR count). The van der Waals surface area contributed by atoms with E-state index in [2.05, 4.69) is 10.6 Å². The molecule has 5 amide bonds. The molecule has 1 aromatic carbocycles. The lowest BCUT2D eigenvalue weighted by Crippen LogP contribution is -2.58. The van der Waals surface area contributed by atoms with Gasteiger partial charge < -0.3 is 37.8 Å². The largest absolute Gasteiger partial charge is 0.480 e. The number of benzene rings is 1. The molecule has 13 nitrogen and oxygen atoms in total. The summed E-state index contributed by atoms with van der Waals surface area (Å²) in [7, 11) is 0. The van der Waals surface area contributed by atoms with Crippen LogP contribution in [0.4, 0.5) is 0 Å². The first-order valence-corrected chi connectivity index (χ1v) is 11.5. The van der Waals surface area contributed by atoms with Gasteiger partial charge in [-0.2, -0.15) is 0 Å². The third-order valence-corrected chi connectivity index (χ3v) is 5.79. The van der Waals surface area contributed by atoms with Crippen LogP contribution < -0.4 is 27.8 Å². The van der Waals surface area contributed by atoms with Crippen molar-refractivity contribution in [2.75, 3.05) is 6.54 Å². The van der Waals surface area contributed by atoms with Crippen LogP contribution in [-0.2, 0) is 35.2 Å². The van der Waals surface area contributed by atoms with Crippen LogP contribution in [0.25, 0.3) is 0 Å². The quantitative estimate of drug-likeness (QED) is 0.171. The second kappa shape index (κ2) is 13.2. The zero-order chi connectivity index (χ0) is 26.8. The van der Waals surface area contributed by atoms with E-state index in [0.717, 1.165) is 4.90 Å². The highest BCUT2D eigenvalue weighted by Gasteiger charge is 2.39. The second-order valence-corrected chi connectivity index (χ2v) is 8.62. The van der Waals surface area contributed by atoms with E-state index in [1.54, 1.807) is 30.3 Å². The van der Waals surface area contributed by atoms with Crippen LogP contribution in [0.3, 0.4) is 0 Å². The van der Waals surface area contributed by atoms with Crippen molar-refractivity contribution in [3.05, 3.63) is 35.9 Å². The lowest BCUT2D eigenvalue weighted by Gasteiger charge is -2.28. The van der Waals surface area contributed by atoms with Gasteiger partial charge >= 0.3 is 5.97 Å². The van der Waals surface area contributed by atoms with Gasteiger partial charge in [-0.15, -0.1) is 0 Å². The van der Waals surface area contributed by atoms with E-state index < -0.39 is 66.1 Å². The lowest BCUT2D eigenvalue weighted by atomic mass is 10.0. The summed E-state index contributed by atoms with van der Waals surface area (Å²) in [5.74, 6) is -4.96. The summed E-state index contributed by atoms with van der Waals surface area (Å²) in [6.07, 6.45) is 0.0104. The average Bonchev–Trinajstić information content (AvgIpc) is 3.31. The molecule has 13 heteroatoms. The molecule has 9 N–H and O–H groups in total. The number of carboxylic acid groups (broad SMARTS) is 1. The van der Waals surface area contributed by atoms with E-state index in [4.69, 9.17) is 17.2 Å². The second-order valence-electron chi connectivity index (χ2n) is 8.62. The van der Waals surface area contributed by atoms with Crippen LogP contribution in [0.15, 0.2) is 30.3 Å². The minimum Gasteiger partial charge on any atom is -0.480 e. The summed E-state index contributed by atoms with van der Waals surface area (Å²) < 4.78 is 0. The summed E-state index contributed by atoms with van der Waals surface area (Å²) in [5, 5.41) is 14.4. The minimum absolute atomic E-state index is 0.0277. The molecule has 1 heterocycles. The number of hydrogen-bond acceptors (Lipinski definition) is 7. The third kappa shape index (κ3) is 8.34. The highest BCUT2D eigenvalue weighted by molar-refractivity contribution is 5.96. The molecule has 0 spiro atoms. The molecule has 4 unspecified atom stereocenters. The maximum Gasteiger partial charge on any atom is 0.326 e. The molecular formula is C23H32N6O7. The number of nitrogens with zero attached hydrogens (tertiary/aromatic N) is 1. The molecule has 0 aromatic heterocycles. The minimum atomic E-state index is -1.42. The molecule has 0 saturated carbocycles. The predicted octanol–water partition coefficient (Wildman–Crippen LogP) is -2.26. The molecule has 4 atom stereocenters. The van der Waals surface area contributed by atoms with E-state index in [0.29, 0.717) is 12.0 Å². The van der Waals surface area contributed by atoms with Crippen molar-refractivity contribution in [1.29, 1.82) is 0 Å². The molecule has 0 bridgehead atoms. The fourth-order valence-electron chi connectivity index (χ4n) is 3.93. The summed E-state index contributed by atoms with van der Waals surface area (Å²) in [4.78, 5) is 74.2.